The first-order valence-electron chi connectivity index (χ1n) is 16.9. The highest BCUT2D eigenvalue weighted by atomic mass is 16.6. The third-order valence-electron chi connectivity index (χ3n) is 11.4. The summed E-state index contributed by atoms with van der Waals surface area (Å²) in [7, 11) is 0. The summed E-state index contributed by atoms with van der Waals surface area (Å²) in [6.45, 7) is 4.98. The molecule has 4 rings (SSSR count). The molecule has 4 aliphatic rings. The number of hydroxylamine groups is 1. The maximum absolute atomic E-state index is 13.1. The highest BCUT2D eigenvalue weighted by molar-refractivity contribution is 5.85. The van der Waals surface area contributed by atoms with E-state index in [0.29, 0.717) is 43.2 Å². The molecule has 4 fully saturated rings. The molecule has 0 aromatic rings. The van der Waals surface area contributed by atoms with Gasteiger partial charge in [-0.15, -0.1) is 0 Å². The van der Waals surface area contributed by atoms with E-state index in [9.17, 15) is 24.6 Å². The Labute approximate surface area is 247 Å². The van der Waals surface area contributed by atoms with E-state index >= 15 is 0 Å². The SMILES string of the molecule is CCC1CC(CC2CCC(NC(=O)C3CCCCC3C(=O)O)C(CC)C2)CCC1NOCC1CCCCC1C(=O)O. The van der Waals surface area contributed by atoms with Gasteiger partial charge in [0.1, 0.15) is 0 Å². The van der Waals surface area contributed by atoms with Gasteiger partial charge in [-0.05, 0) is 100 Å². The summed E-state index contributed by atoms with van der Waals surface area (Å²) in [5, 5.41) is 22.5. The van der Waals surface area contributed by atoms with E-state index in [2.05, 4.69) is 24.6 Å². The second kappa shape index (κ2) is 15.7. The van der Waals surface area contributed by atoms with E-state index < -0.39 is 17.9 Å². The van der Waals surface area contributed by atoms with Gasteiger partial charge in [0.25, 0.3) is 0 Å². The van der Waals surface area contributed by atoms with Crippen LogP contribution < -0.4 is 10.8 Å². The Kier molecular flexibility index (Phi) is 12.3. The molecule has 4 N–H and O–H groups in total. The van der Waals surface area contributed by atoms with Crippen molar-refractivity contribution in [3.63, 3.8) is 0 Å². The van der Waals surface area contributed by atoms with Crippen molar-refractivity contribution in [2.75, 3.05) is 6.61 Å². The molecule has 0 bridgehead atoms. The van der Waals surface area contributed by atoms with Crippen molar-refractivity contribution in [1.29, 1.82) is 0 Å². The van der Waals surface area contributed by atoms with E-state index in [0.717, 1.165) is 83.0 Å². The predicted octanol–water partition coefficient (Wildman–Crippen LogP) is 6.19. The minimum Gasteiger partial charge on any atom is -0.481 e. The molecule has 0 aromatic heterocycles. The van der Waals surface area contributed by atoms with Crippen molar-refractivity contribution in [1.82, 2.24) is 10.8 Å². The largest absolute Gasteiger partial charge is 0.481 e. The smallest absolute Gasteiger partial charge is 0.307 e. The number of rotatable bonds is 12. The maximum atomic E-state index is 13.1. The zero-order valence-electron chi connectivity index (χ0n) is 25.5. The Morgan fingerprint density at radius 2 is 1.20 bits per heavy atom. The number of nitrogens with one attached hydrogen (secondary N) is 2. The normalized spacial score (nSPS) is 38.2. The summed E-state index contributed by atoms with van der Waals surface area (Å²) >= 11 is 0. The number of carboxylic acid groups (broad SMARTS) is 2. The molecular weight excluding hydrogens is 520 g/mol. The fourth-order valence-electron chi connectivity index (χ4n) is 8.89. The summed E-state index contributed by atoms with van der Waals surface area (Å²) in [6.07, 6.45) is 17.2. The van der Waals surface area contributed by atoms with Crippen LogP contribution in [0.15, 0.2) is 0 Å². The van der Waals surface area contributed by atoms with Crippen LogP contribution >= 0.6 is 0 Å². The lowest BCUT2D eigenvalue weighted by Gasteiger charge is -2.41. The second-order valence-corrected chi connectivity index (χ2v) is 13.9. The number of aliphatic carboxylic acids is 2. The lowest BCUT2D eigenvalue weighted by Crippen LogP contribution is -2.48. The quantitative estimate of drug-likeness (QED) is 0.204. The standard InChI is InChI=1S/C33H56N2O6/c1-3-23-18-21(13-15-29(23)34-31(36)27-11-7-8-12-28(27)33(39)40)17-22-14-16-30(24(4-2)19-22)35-41-20-25-9-5-6-10-26(25)32(37)38/h21-30,35H,3-20H2,1-2H3,(H,34,36)(H,37,38)(H,39,40). The monoisotopic (exact) mass is 576 g/mol. The van der Waals surface area contributed by atoms with Crippen molar-refractivity contribution in [3.8, 4) is 0 Å². The first-order chi connectivity index (χ1) is 19.8. The Morgan fingerprint density at radius 3 is 1.80 bits per heavy atom. The van der Waals surface area contributed by atoms with Crippen LogP contribution in [0.1, 0.15) is 123 Å². The minimum absolute atomic E-state index is 0.0280. The van der Waals surface area contributed by atoms with Gasteiger partial charge in [-0.3, -0.25) is 14.4 Å². The van der Waals surface area contributed by atoms with Crippen LogP contribution in [0.3, 0.4) is 0 Å². The third-order valence-corrected chi connectivity index (χ3v) is 11.4. The molecule has 4 saturated carbocycles. The summed E-state index contributed by atoms with van der Waals surface area (Å²) in [6, 6.07) is 0.511. The molecule has 8 nitrogen and oxygen atoms in total. The molecule has 4 aliphatic carbocycles. The molecule has 10 atom stereocenters. The Hall–Kier alpha value is -1.67. The van der Waals surface area contributed by atoms with Gasteiger partial charge in [0.15, 0.2) is 0 Å². The molecule has 0 saturated heterocycles. The lowest BCUT2D eigenvalue weighted by atomic mass is 9.69. The highest BCUT2D eigenvalue weighted by Crippen LogP contribution is 2.41. The van der Waals surface area contributed by atoms with Crippen LogP contribution in [-0.4, -0.2) is 46.7 Å². The Bertz CT molecular complexity index is 867. The van der Waals surface area contributed by atoms with Crippen LogP contribution in [0.2, 0.25) is 0 Å². The van der Waals surface area contributed by atoms with Gasteiger partial charge in [-0.2, -0.15) is 5.48 Å². The van der Waals surface area contributed by atoms with Crippen LogP contribution in [0, 0.1) is 47.3 Å². The first-order valence-corrected chi connectivity index (χ1v) is 16.9. The van der Waals surface area contributed by atoms with Crippen molar-refractivity contribution < 1.29 is 29.4 Å². The second-order valence-electron chi connectivity index (χ2n) is 13.9. The summed E-state index contributed by atoms with van der Waals surface area (Å²) in [5.41, 5.74) is 3.36. The van der Waals surface area contributed by atoms with Crippen molar-refractivity contribution >= 4 is 17.8 Å². The Balaban J connectivity index is 1.21. The molecule has 234 valence electrons. The van der Waals surface area contributed by atoms with E-state index in [4.69, 9.17) is 4.84 Å². The summed E-state index contributed by atoms with van der Waals surface area (Å²) in [4.78, 5) is 42.4. The van der Waals surface area contributed by atoms with E-state index in [1.807, 2.05) is 0 Å². The van der Waals surface area contributed by atoms with Crippen molar-refractivity contribution in [2.45, 2.75) is 135 Å². The molecule has 41 heavy (non-hydrogen) atoms. The van der Waals surface area contributed by atoms with Gasteiger partial charge in [0, 0.05) is 12.1 Å². The molecule has 0 radical (unpaired) electrons. The lowest BCUT2D eigenvalue weighted by molar-refractivity contribution is -0.149. The average Bonchev–Trinajstić information content (AvgIpc) is 2.98. The average molecular weight is 577 g/mol. The third kappa shape index (κ3) is 8.68. The fraction of sp³-hybridized carbons (Fsp3) is 0.909. The topological polar surface area (TPSA) is 125 Å². The number of amides is 1. The van der Waals surface area contributed by atoms with Crippen LogP contribution in [0.5, 0.6) is 0 Å². The first kappa shape index (κ1) is 32.2. The van der Waals surface area contributed by atoms with Gasteiger partial charge in [0.2, 0.25) is 5.91 Å². The van der Waals surface area contributed by atoms with Gasteiger partial charge in [-0.25, -0.2) is 0 Å². The van der Waals surface area contributed by atoms with Crippen LogP contribution in [-0.2, 0) is 19.2 Å². The van der Waals surface area contributed by atoms with Gasteiger partial charge >= 0.3 is 11.9 Å². The molecule has 0 spiro atoms. The van der Waals surface area contributed by atoms with Crippen LogP contribution in [0.4, 0.5) is 0 Å². The number of carbonyl (C=O) groups excluding carboxylic acids is 1. The predicted molar refractivity (Wildman–Crippen MR) is 158 cm³/mol. The van der Waals surface area contributed by atoms with Crippen LogP contribution in [0.25, 0.3) is 0 Å². The Morgan fingerprint density at radius 1 is 0.659 bits per heavy atom. The number of carboxylic acids is 2. The van der Waals surface area contributed by atoms with Gasteiger partial charge in [-0.1, -0.05) is 52.4 Å². The molecule has 0 heterocycles. The zero-order chi connectivity index (χ0) is 29.4. The van der Waals surface area contributed by atoms with E-state index in [1.165, 1.54) is 19.3 Å². The molecule has 10 unspecified atom stereocenters. The molecular formula is C33H56N2O6. The number of hydrogen-bond donors (Lipinski definition) is 4. The van der Waals surface area contributed by atoms with E-state index in [1.54, 1.807) is 0 Å². The van der Waals surface area contributed by atoms with Crippen molar-refractivity contribution in [2.24, 2.45) is 47.3 Å². The van der Waals surface area contributed by atoms with E-state index in [-0.39, 0.29) is 29.7 Å². The fourth-order valence-corrected chi connectivity index (χ4v) is 8.89. The molecule has 8 heteroatoms. The molecule has 0 aromatic carbocycles. The number of carbonyl (C=O) groups is 3. The van der Waals surface area contributed by atoms with Gasteiger partial charge < -0.3 is 20.4 Å². The minimum atomic E-state index is -0.821. The van der Waals surface area contributed by atoms with Crippen molar-refractivity contribution in [3.05, 3.63) is 0 Å². The maximum Gasteiger partial charge on any atom is 0.307 e. The summed E-state index contributed by atoms with van der Waals surface area (Å²) < 4.78 is 0. The molecule has 0 aliphatic heterocycles. The zero-order valence-corrected chi connectivity index (χ0v) is 25.5. The number of hydrogen-bond acceptors (Lipinski definition) is 5. The molecule has 1 amide bonds. The highest BCUT2D eigenvalue weighted by Gasteiger charge is 2.39. The summed E-state index contributed by atoms with van der Waals surface area (Å²) in [5.74, 6) is -0.145. The van der Waals surface area contributed by atoms with Gasteiger partial charge in [0.05, 0.1) is 24.4 Å².